The van der Waals surface area contributed by atoms with Crippen molar-refractivity contribution in [2.45, 2.75) is 57.8 Å². The molecule has 7 heteroatoms. The molecular weight excluding hydrogens is 456 g/mol. The molecule has 1 atom stereocenters. The molecule has 1 fully saturated rings. The summed E-state index contributed by atoms with van der Waals surface area (Å²) < 4.78 is 22.5. The number of nitriles is 1. The smallest absolute Gasteiger partial charge is 0.314 e. The quantitative estimate of drug-likeness (QED) is 0.367. The number of unbranched alkanes of at least 4 members (excludes halogenated alkanes) is 1. The van der Waals surface area contributed by atoms with Crippen LogP contribution in [-0.4, -0.2) is 20.2 Å². The molecular formula is C29H34N2O5. The number of benzene rings is 2. The number of nitrogens with zero attached hydrogens (tertiary/aromatic N) is 1. The van der Waals surface area contributed by atoms with E-state index in [2.05, 4.69) is 13.0 Å². The summed E-state index contributed by atoms with van der Waals surface area (Å²) in [6.07, 6.45) is 7.61. The van der Waals surface area contributed by atoms with Crippen LogP contribution < -0.4 is 24.7 Å². The van der Waals surface area contributed by atoms with E-state index < -0.39 is 5.92 Å². The molecule has 1 aliphatic heterocycles. The second-order valence-electron chi connectivity index (χ2n) is 9.51. The van der Waals surface area contributed by atoms with E-state index in [1.807, 2.05) is 12.1 Å². The molecule has 1 unspecified atom stereocenters. The van der Waals surface area contributed by atoms with Gasteiger partial charge in [0.15, 0.2) is 0 Å². The van der Waals surface area contributed by atoms with E-state index >= 15 is 0 Å². The summed E-state index contributed by atoms with van der Waals surface area (Å²) in [7, 11) is 3.15. The predicted octanol–water partition coefficient (Wildman–Crippen LogP) is 5.82. The van der Waals surface area contributed by atoms with Crippen molar-refractivity contribution >= 4 is 5.97 Å². The lowest BCUT2D eigenvalue weighted by molar-refractivity contribution is -0.140. The molecule has 2 aliphatic rings. The Morgan fingerprint density at radius 1 is 1.06 bits per heavy atom. The lowest BCUT2D eigenvalue weighted by Gasteiger charge is -2.28. The Morgan fingerprint density at radius 2 is 1.81 bits per heavy atom. The van der Waals surface area contributed by atoms with Gasteiger partial charge in [-0.15, -0.1) is 0 Å². The molecule has 36 heavy (non-hydrogen) atoms. The zero-order chi connectivity index (χ0) is 25.7. The Balaban J connectivity index is 1.57. The Bertz CT molecular complexity index is 1170. The fourth-order valence-electron chi connectivity index (χ4n) is 5.26. The highest BCUT2D eigenvalue weighted by molar-refractivity contribution is 5.75. The third kappa shape index (κ3) is 5.28. The van der Waals surface area contributed by atoms with Crippen molar-refractivity contribution in [3.63, 3.8) is 0 Å². The minimum absolute atomic E-state index is 0.00810. The van der Waals surface area contributed by atoms with Crippen molar-refractivity contribution < 1.29 is 23.7 Å². The maximum Gasteiger partial charge on any atom is 0.314 e. The number of allylic oxidation sites excluding steroid dienone is 1. The molecule has 1 heterocycles. The van der Waals surface area contributed by atoms with Gasteiger partial charge >= 0.3 is 5.97 Å². The fraction of sp³-hybridized carbons (Fsp3) is 0.448. The highest BCUT2D eigenvalue weighted by Gasteiger charge is 2.34. The van der Waals surface area contributed by atoms with Gasteiger partial charge in [-0.2, -0.15) is 5.26 Å². The average molecular weight is 491 g/mol. The van der Waals surface area contributed by atoms with Crippen molar-refractivity contribution in [2.75, 3.05) is 14.2 Å². The van der Waals surface area contributed by atoms with Crippen LogP contribution in [0.3, 0.4) is 0 Å². The molecule has 2 aromatic carbocycles. The normalized spacial score (nSPS) is 21.1. The lowest BCUT2D eigenvalue weighted by atomic mass is 9.80. The van der Waals surface area contributed by atoms with Crippen LogP contribution in [0, 0.1) is 23.2 Å². The summed E-state index contributed by atoms with van der Waals surface area (Å²) in [4.78, 5) is 12.9. The Morgan fingerprint density at radius 3 is 2.47 bits per heavy atom. The molecule has 0 aromatic heterocycles. The van der Waals surface area contributed by atoms with Gasteiger partial charge in [-0.3, -0.25) is 4.79 Å². The molecule has 1 aliphatic carbocycles. The van der Waals surface area contributed by atoms with Gasteiger partial charge in [-0.05, 0) is 55.9 Å². The minimum atomic E-state index is -0.521. The van der Waals surface area contributed by atoms with Crippen molar-refractivity contribution in [2.24, 2.45) is 17.6 Å². The average Bonchev–Trinajstić information content (AvgIpc) is 2.90. The summed E-state index contributed by atoms with van der Waals surface area (Å²) >= 11 is 0. The van der Waals surface area contributed by atoms with Crippen LogP contribution >= 0.6 is 0 Å². The number of carbonyl (C=O) groups is 1. The number of rotatable bonds is 8. The number of methoxy groups -OCH3 is 2. The third-order valence-corrected chi connectivity index (χ3v) is 7.30. The number of esters is 1. The summed E-state index contributed by atoms with van der Waals surface area (Å²) in [5, 5.41) is 9.88. The first-order valence-electron chi connectivity index (χ1n) is 12.6. The second-order valence-corrected chi connectivity index (χ2v) is 9.51. The predicted molar refractivity (Wildman–Crippen MR) is 136 cm³/mol. The van der Waals surface area contributed by atoms with Crippen LogP contribution in [0.4, 0.5) is 0 Å². The zero-order valence-electron chi connectivity index (χ0n) is 21.2. The Kier molecular flexibility index (Phi) is 8.04. The van der Waals surface area contributed by atoms with Crippen LogP contribution in [0.5, 0.6) is 23.0 Å². The standard InChI is InChI=1S/C29H34N2O5/c1-4-5-6-18-7-9-19(10-8-18)29(32)35-21-11-13-22-26(16-21)36-28(31)24(17-30)27(22)23-15-20(33-2)12-14-25(23)34-3/h11-16,18-19,27H,4-10,31H2,1-3H3. The molecule has 0 amide bonds. The number of ether oxygens (including phenoxy) is 4. The van der Waals surface area contributed by atoms with Crippen LogP contribution in [-0.2, 0) is 4.79 Å². The van der Waals surface area contributed by atoms with E-state index in [0.29, 0.717) is 23.0 Å². The van der Waals surface area contributed by atoms with Gasteiger partial charge in [0.2, 0.25) is 5.88 Å². The molecule has 0 spiro atoms. The summed E-state index contributed by atoms with van der Waals surface area (Å²) in [5.41, 5.74) is 7.89. The molecule has 0 bridgehead atoms. The van der Waals surface area contributed by atoms with Gasteiger partial charge in [0, 0.05) is 17.2 Å². The minimum Gasteiger partial charge on any atom is -0.497 e. The molecule has 0 radical (unpaired) electrons. The number of hydrogen-bond donors (Lipinski definition) is 1. The number of carbonyl (C=O) groups excluding carboxylic acids is 1. The van der Waals surface area contributed by atoms with Crippen LogP contribution in [0.2, 0.25) is 0 Å². The monoisotopic (exact) mass is 490 g/mol. The van der Waals surface area contributed by atoms with Crippen LogP contribution in [0.1, 0.15) is 68.9 Å². The Labute approximate surface area is 212 Å². The van der Waals surface area contributed by atoms with E-state index in [1.54, 1.807) is 38.5 Å². The molecule has 0 saturated heterocycles. The Hall–Kier alpha value is -3.66. The third-order valence-electron chi connectivity index (χ3n) is 7.30. The maximum atomic E-state index is 12.9. The lowest BCUT2D eigenvalue weighted by Crippen LogP contribution is -2.26. The highest BCUT2D eigenvalue weighted by atomic mass is 16.5. The van der Waals surface area contributed by atoms with Gasteiger partial charge < -0.3 is 24.7 Å². The van der Waals surface area contributed by atoms with Gasteiger partial charge in [0.1, 0.15) is 34.6 Å². The highest BCUT2D eigenvalue weighted by Crippen LogP contribution is 2.47. The molecule has 7 nitrogen and oxygen atoms in total. The van der Waals surface area contributed by atoms with Gasteiger partial charge in [-0.25, -0.2) is 0 Å². The zero-order valence-corrected chi connectivity index (χ0v) is 21.2. The topological polar surface area (TPSA) is 104 Å². The summed E-state index contributed by atoms with van der Waals surface area (Å²) in [5.74, 6) is 1.99. The number of hydrogen-bond acceptors (Lipinski definition) is 7. The van der Waals surface area contributed by atoms with E-state index in [9.17, 15) is 10.1 Å². The van der Waals surface area contributed by atoms with Crippen LogP contribution in [0.25, 0.3) is 0 Å². The van der Waals surface area contributed by atoms with Crippen molar-refractivity contribution in [1.29, 1.82) is 5.26 Å². The molecule has 2 aromatic rings. The van der Waals surface area contributed by atoms with Crippen molar-refractivity contribution in [1.82, 2.24) is 0 Å². The molecule has 4 rings (SSSR count). The number of nitrogens with two attached hydrogens (primary N) is 1. The van der Waals surface area contributed by atoms with Crippen molar-refractivity contribution in [3.8, 4) is 29.1 Å². The second kappa shape index (κ2) is 11.4. The van der Waals surface area contributed by atoms with Crippen molar-refractivity contribution in [3.05, 3.63) is 59.0 Å². The first kappa shape index (κ1) is 25.4. The summed E-state index contributed by atoms with van der Waals surface area (Å²) in [6, 6.07) is 12.8. The maximum absolute atomic E-state index is 12.9. The van der Waals surface area contributed by atoms with E-state index in [4.69, 9.17) is 24.7 Å². The first-order chi connectivity index (χ1) is 17.5. The molecule has 190 valence electrons. The SMILES string of the molecule is CCCCC1CCC(C(=O)Oc2ccc3c(c2)OC(N)=C(C#N)C3c2cc(OC)ccc2OC)CC1. The fourth-order valence-corrected chi connectivity index (χ4v) is 5.26. The largest absolute Gasteiger partial charge is 0.497 e. The van der Waals surface area contributed by atoms with E-state index in [0.717, 1.165) is 42.7 Å². The van der Waals surface area contributed by atoms with Gasteiger partial charge in [0.25, 0.3) is 0 Å². The molecule has 1 saturated carbocycles. The van der Waals surface area contributed by atoms with E-state index in [-0.39, 0.29) is 23.3 Å². The number of fused-ring (bicyclic) bond motifs is 1. The first-order valence-corrected chi connectivity index (χ1v) is 12.6. The summed E-state index contributed by atoms with van der Waals surface area (Å²) in [6.45, 7) is 2.21. The van der Waals surface area contributed by atoms with E-state index in [1.165, 1.54) is 19.3 Å². The van der Waals surface area contributed by atoms with Gasteiger partial charge in [0.05, 0.1) is 26.1 Å². The van der Waals surface area contributed by atoms with Gasteiger partial charge in [-0.1, -0.05) is 32.3 Å². The molecule has 2 N–H and O–H groups in total. The van der Waals surface area contributed by atoms with Crippen LogP contribution in [0.15, 0.2) is 47.9 Å².